The second-order valence-corrected chi connectivity index (χ2v) is 2.64. The first kappa shape index (κ1) is 15.1. The fraction of sp³-hybridized carbons (Fsp3) is 0.333. The van der Waals surface area contributed by atoms with Gasteiger partial charge in [0.25, 0.3) is 0 Å². The van der Waals surface area contributed by atoms with E-state index in [1.165, 1.54) is 14.2 Å². The topological polar surface area (TPSA) is 27.7 Å². The van der Waals surface area contributed by atoms with Gasteiger partial charge in [-0.05, 0) is 5.92 Å². The van der Waals surface area contributed by atoms with E-state index in [4.69, 9.17) is 14.2 Å². The van der Waals surface area contributed by atoms with Crippen molar-refractivity contribution in [3.63, 3.8) is 0 Å². The van der Waals surface area contributed by atoms with Crippen LogP contribution in [-0.2, 0) is 9.47 Å². The number of methoxy groups -OCH3 is 2. The third kappa shape index (κ3) is 5.85. The molecule has 0 fully saturated rings. The Labute approximate surface area is 108 Å². The normalized spacial score (nSPS) is 8.94. The van der Waals surface area contributed by atoms with Gasteiger partial charge in [0.1, 0.15) is 6.61 Å². The second kappa shape index (κ2) is 9.33. The maximum Gasteiger partial charge on any atom is 1.00 e. The minimum Gasteiger partial charge on any atom is -0.507 e. The van der Waals surface area contributed by atoms with Crippen LogP contribution < -0.4 is 23.6 Å². The van der Waals surface area contributed by atoms with E-state index in [1.807, 2.05) is 18.2 Å². The molecular weight excluding hydrogens is 199 g/mol. The summed E-state index contributed by atoms with van der Waals surface area (Å²) in [7, 11) is 3.07. The molecule has 0 N–H and O–H groups in total. The molecule has 80 valence electrons. The predicted octanol–water partition coefficient (Wildman–Crippen LogP) is -1.51. The zero-order chi connectivity index (χ0) is 10.9. The second-order valence-electron chi connectivity index (χ2n) is 2.64. The number of benzene rings is 1. The van der Waals surface area contributed by atoms with E-state index in [-0.39, 0.29) is 18.9 Å². The van der Waals surface area contributed by atoms with Crippen LogP contribution in [0.5, 0.6) is 5.75 Å². The van der Waals surface area contributed by atoms with Crippen LogP contribution in [0, 0.1) is 17.9 Å². The molecule has 0 saturated heterocycles. The van der Waals surface area contributed by atoms with Gasteiger partial charge in [-0.15, -0.1) is 12.1 Å². The summed E-state index contributed by atoms with van der Waals surface area (Å²) in [6.45, 7) is 0.295. The Morgan fingerprint density at radius 2 is 2.06 bits per heavy atom. The fourth-order valence-corrected chi connectivity index (χ4v) is 0.920. The minimum absolute atomic E-state index is 0. The number of rotatable bonds is 4. The van der Waals surface area contributed by atoms with Gasteiger partial charge in [-0.25, -0.2) is 0 Å². The molecule has 0 heterocycles. The van der Waals surface area contributed by atoms with Crippen molar-refractivity contribution in [2.45, 2.75) is 6.29 Å². The molecule has 0 aliphatic rings. The molecule has 0 aliphatic carbocycles. The molecule has 3 nitrogen and oxygen atoms in total. The van der Waals surface area contributed by atoms with Crippen LogP contribution >= 0.6 is 0 Å². The molecule has 0 aliphatic heterocycles. The molecule has 0 aromatic heterocycles. The zero-order valence-electron chi connectivity index (χ0n) is 9.82. The molecule has 1 aromatic rings. The van der Waals surface area contributed by atoms with Crippen molar-refractivity contribution in [2.75, 3.05) is 20.8 Å². The van der Waals surface area contributed by atoms with Gasteiger partial charge in [0, 0.05) is 20.0 Å². The van der Waals surface area contributed by atoms with Gasteiger partial charge in [0.15, 0.2) is 0 Å². The first-order valence-corrected chi connectivity index (χ1v) is 4.50. The van der Waals surface area contributed by atoms with Crippen molar-refractivity contribution in [2.24, 2.45) is 0 Å². The summed E-state index contributed by atoms with van der Waals surface area (Å²) < 4.78 is 15.1. The van der Waals surface area contributed by atoms with Crippen LogP contribution in [0.2, 0.25) is 0 Å². The van der Waals surface area contributed by atoms with E-state index >= 15 is 0 Å². The van der Waals surface area contributed by atoms with E-state index in [1.54, 1.807) is 6.07 Å². The average molecular weight is 212 g/mol. The Morgan fingerprint density at radius 1 is 1.31 bits per heavy atom. The number of para-hydroxylation sites is 1. The van der Waals surface area contributed by atoms with Crippen LogP contribution in [0.4, 0.5) is 0 Å². The summed E-state index contributed by atoms with van der Waals surface area (Å²) in [5, 5.41) is 0. The number of ether oxygens (including phenoxy) is 3. The van der Waals surface area contributed by atoms with E-state index in [9.17, 15) is 0 Å². The van der Waals surface area contributed by atoms with Crippen molar-refractivity contribution >= 4 is 0 Å². The van der Waals surface area contributed by atoms with Crippen molar-refractivity contribution in [3.8, 4) is 17.6 Å². The molecule has 0 amide bonds. The SMILES string of the molecule is COC(C#CCOc1[c-]cccc1)OC.[Li+]. The van der Waals surface area contributed by atoms with E-state index < -0.39 is 6.29 Å². The Morgan fingerprint density at radius 3 is 2.62 bits per heavy atom. The first-order chi connectivity index (χ1) is 7.36. The molecule has 0 saturated carbocycles. The van der Waals surface area contributed by atoms with Crippen molar-refractivity contribution in [1.82, 2.24) is 0 Å². The quantitative estimate of drug-likeness (QED) is 0.263. The summed E-state index contributed by atoms with van der Waals surface area (Å²) >= 11 is 0. The zero-order valence-corrected chi connectivity index (χ0v) is 9.82. The smallest absolute Gasteiger partial charge is 0.507 e. The largest absolute Gasteiger partial charge is 1.00 e. The van der Waals surface area contributed by atoms with Gasteiger partial charge in [0.2, 0.25) is 6.29 Å². The van der Waals surface area contributed by atoms with Crippen LogP contribution in [0.15, 0.2) is 24.3 Å². The Bertz CT molecular complexity index is 325. The van der Waals surface area contributed by atoms with E-state index in [0.29, 0.717) is 12.4 Å². The minimum atomic E-state index is -0.492. The summed E-state index contributed by atoms with van der Waals surface area (Å²) in [5.41, 5.74) is 0. The fourth-order valence-electron chi connectivity index (χ4n) is 0.920. The first-order valence-electron chi connectivity index (χ1n) is 4.50. The summed E-state index contributed by atoms with van der Waals surface area (Å²) in [5.74, 6) is 6.23. The van der Waals surface area contributed by atoms with Gasteiger partial charge in [-0.2, -0.15) is 18.2 Å². The van der Waals surface area contributed by atoms with Gasteiger partial charge in [-0.1, -0.05) is 5.92 Å². The molecular formula is C12H13LiO3. The molecule has 0 atom stereocenters. The van der Waals surface area contributed by atoms with Gasteiger partial charge in [0.05, 0.1) is 0 Å². The van der Waals surface area contributed by atoms with E-state index in [0.717, 1.165) is 0 Å². The molecule has 1 rings (SSSR count). The van der Waals surface area contributed by atoms with Gasteiger partial charge >= 0.3 is 18.9 Å². The third-order valence-electron chi connectivity index (χ3n) is 1.63. The van der Waals surface area contributed by atoms with Gasteiger partial charge < -0.3 is 14.2 Å². The molecule has 4 heteroatoms. The Balaban J connectivity index is 0.00000225. The number of hydrogen-bond donors (Lipinski definition) is 0. The molecule has 0 spiro atoms. The Kier molecular flexibility index (Phi) is 8.81. The van der Waals surface area contributed by atoms with Crippen LogP contribution in [0.3, 0.4) is 0 Å². The van der Waals surface area contributed by atoms with Crippen molar-refractivity contribution in [1.29, 1.82) is 0 Å². The van der Waals surface area contributed by atoms with Crippen molar-refractivity contribution < 1.29 is 33.1 Å². The van der Waals surface area contributed by atoms with Crippen LogP contribution in [-0.4, -0.2) is 27.1 Å². The summed E-state index contributed by atoms with van der Waals surface area (Å²) in [6.07, 6.45) is -0.492. The molecule has 0 bridgehead atoms. The van der Waals surface area contributed by atoms with E-state index in [2.05, 4.69) is 17.9 Å². The summed E-state index contributed by atoms with van der Waals surface area (Å²) in [4.78, 5) is 0. The molecule has 0 radical (unpaired) electrons. The van der Waals surface area contributed by atoms with Crippen molar-refractivity contribution in [3.05, 3.63) is 30.3 Å². The molecule has 1 aromatic carbocycles. The summed E-state index contributed by atoms with van der Waals surface area (Å²) in [6, 6.07) is 10.3. The molecule has 0 unspecified atom stereocenters. The predicted molar refractivity (Wildman–Crippen MR) is 56.4 cm³/mol. The maximum atomic E-state index is 5.31. The third-order valence-corrected chi connectivity index (χ3v) is 1.63. The standard InChI is InChI=1S/C12H13O3.Li/c1-13-12(14-2)9-6-10-15-11-7-4-3-5-8-11;/h3-5,7,12H,10H2,1-2H3;/q-1;+1. The van der Waals surface area contributed by atoms with Crippen LogP contribution in [0.25, 0.3) is 0 Å². The number of hydrogen-bond acceptors (Lipinski definition) is 3. The van der Waals surface area contributed by atoms with Gasteiger partial charge in [-0.3, -0.25) is 0 Å². The van der Waals surface area contributed by atoms with Crippen LogP contribution in [0.1, 0.15) is 0 Å². The molecule has 16 heavy (non-hydrogen) atoms. The maximum absolute atomic E-state index is 5.31. The monoisotopic (exact) mass is 212 g/mol. The average Bonchev–Trinajstić information content (AvgIpc) is 2.31. The Hall–Kier alpha value is -0.903.